The van der Waals surface area contributed by atoms with Gasteiger partial charge in [-0.2, -0.15) is 5.26 Å². The quantitative estimate of drug-likeness (QED) is 0.688. The van der Waals surface area contributed by atoms with Crippen LogP contribution >= 0.6 is 0 Å². The monoisotopic (exact) mass is 173 g/mol. The van der Waals surface area contributed by atoms with Crippen LogP contribution in [0.5, 0.6) is 5.75 Å². The van der Waals surface area contributed by atoms with Crippen molar-refractivity contribution in [3.8, 4) is 11.8 Å². The highest BCUT2D eigenvalue weighted by Crippen LogP contribution is 2.39. The summed E-state index contributed by atoms with van der Waals surface area (Å²) in [5.41, 5.74) is 0.698. The zero-order chi connectivity index (χ0) is 9.31. The lowest BCUT2D eigenvalue weighted by molar-refractivity contribution is 0.237. The Balaban J connectivity index is 2.11. The van der Waals surface area contributed by atoms with Gasteiger partial charge in [0.05, 0.1) is 0 Å². The molecule has 2 heteroatoms. The fourth-order valence-electron chi connectivity index (χ4n) is 1.18. The molecule has 1 fully saturated rings. The molecule has 0 amide bonds. The Morgan fingerprint density at radius 2 is 1.92 bits per heavy atom. The summed E-state index contributed by atoms with van der Waals surface area (Å²) in [6.45, 7) is 2.03. The Hall–Kier alpha value is -1.49. The van der Waals surface area contributed by atoms with E-state index in [1.165, 1.54) is 5.56 Å². The molecule has 0 unspecified atom stereocenters. The highest BCUT2D eigenvalue weighted by molar-refractivity contribution is 5.29. The molecule has 0 spiro atoms. The van der Waals surface area contributed by atoms with Crippen LogP contribution in [0.1, 0.15) is 18.4 Å². The molecule has 2 nitrogen and oxygen atoms in total. The number of rotatable bonds is 2. The molecule has 0 N–H and O–H groups in total. The summed E-state index contributed by atoms with van der Waals surface area (Å²) in [6.07, 6.45) is 1.72. The minimum absolute atomic E-state index is 0.505. The first-order valence-electron chi connectivity index (χ1n) is 4.41. The number of nitrogens with zero attached hydrogens (tertiary/aromatic N) is 1. The highest BCUT2D eigenvalue weighted by atomic mass is 16.5. The highest BCUT2D eigenvalue weighted by Gasteiger charge is 2.46. The Morgan fingerprint density at radius 3 is 2.38 bits per heavy atom. The minimum atomic E-state index is -0.505. The molecule has 0 aromatic heterocycles. The maximum absolute atomic E-state index is 8.80. The topological polar surface area (TPSA) is 33.0 Å². The van der Waals surface area contributed by atoms with Crippen LogP contribution in [-0.4, -0.2) is 5.60 Å². The van der Waals surface area contributed by atoms with Gasteiger partial charge in [0, 0.05) is 12.8 Å². The fraction of sp³-hybridized carbons (Fsp3) is 0.364. The number of ether oxygens (including phenoxy) is 1. The summed E-state index contributed by atoms with van der Waals surface area (Å²) in [6, 6.07) is 9.99. The molecule has 2 rings (SSSR count). The van der Waals surface area contributed by atoms with Gasteiger partial charge in [0.15, 0.2) is 5.60 Å². The molecular formula is C11H11NO. The van der Waals surface area contributed by atoms with Crippen molar-refractivity contribution in [2.24, 2.45) is 0 Å². The zero-order valence-corrected chi connectivity index (χ0v) is 7.58. The van der Waals surface area contributed by atoms with E-state index in [1.807, 2.05) is 31.2 Å². The number of benzene rings is 1. The Morgan fingerprint density at radius 1 is 1.31 bits per heavy atom. The first-order valence-corrected chi connectivity index (χ1v) is 4.41. The maximum Gasteiger partial charge on any atom is 0.194 e. The SMILES string of the molecule is Cc1ccc(OC2(C#N)CC2)cc1. The van der Waals surface area contributed by atoms with Gasteiger partial charge in [-0.1, -0.05) is 17.7 Å². The summed E-state index contributed by atoms with van der Waals surface area (Å²) in [5.74, 6) is 0.796. The zero-order valence-electron chi connectivity index (χ0n) is 7.58. The molecule has 0 heterocycles. The van der Waals surface area contributed by atoms with Crippen LogP contribution in [0.3, 0.4) is 0 Å². The third kappa shape index (κ3) is 1.65. The summed E-state index contributed by atoms with van der Waals surface area (Å²) in [4.78, 5) is 0. The largest absolute Gasteiger partial charge is 0.472 e. The molecule has 1 saturated carbocycles. The van der Waals surface area contributed by atoms with E-state index in [0.29, 0.717) is 0 Å². The Labute approximate surface area is 77.8 Å². The van der Waals surface area contributed by atoms with Crippen molar-refractivity contribution >= 4 is 0 Å². The molecule has 66 valence electrons. The lowest BCUT2D eigenvalue weighted by Gasteiger charge is -2.09. The van der Waals surface area contributed by atoms with Gasteiger partial charge in [-0.3, -0.25) is 0 Å². The van der Waals surface area contributed by atoms with Gasteiger partial charge in [0.1, 0.15) is 11.8 Å². The molecule has 0 aliphatic heterocycles. The molecule has 1 aliphatic rings. The van der Waals surface area contributed by atoms with Crippen LogP contribution < -0.4 is 4.74 Å². The fourth-order valence-corrected chi connectivity index (χ4v) is 1.18. The summed E-state index contributed by atoms with van der Waals surface area (Å²) in [7, 11) is 0. The maximum atomic E-state index is 8.80. The average molecular weight is 173 g/mol. The van der Waals surface area contributed by atoms with E-state index in [2.05, 4.69) is 6.07 Å². The van der Waals surface area contributed by atoms with E-state index in [1.54, 1.807) is 0 Å². The summed E-state index contributed by atoms with van der Waals surface area (Å²) >= 11 is 0. The van der Waals surface area contributed by atoms with E-state index in [0.717, 1.165) is 18.6 Å². The van der Waals surface area contributed by atoms with Gasteiger partial charge in [-0.25, -0.2) is 0 Å². The average Bonchev–Trinajstić information content (AvgIpc) is 2.90. The molecule has 1 aromatic carbocycles. The second-order valence-electron chi connectivity index (χ2n) is 3.52. The predicted molar refractivity (Wildman–Crippen MR) is 49.4 cm³/mol. The van der Waals surface area contributed by atoms with E-state index >= 15 is 0 Å². The third-order valence-electron chi connectivity index (χ3n) is 2.24. The third-order valence-corrected chi connectivity index (χ3v) is 2.24. The molecule has 0 radical (unpaired) electrons. The Kier molecular flexibility index (Phi) is 1.73. The van der Waals surface area contributed by atoms with Crippen molar-refractivity contribution in [2.45, 2.75) is 25.4 Å². The van der Waals surface area contributed by atoms with Crippen molar-refractivity contribution in [3.63, 3.8) is 0 Å². The second-order valence-corrected chi connectivity index (χ2v) is 3.52. The number of hydrogen-bond donors (Lipinski definition) is 0. The van der Waals surface area contributed by atoms with Gasteiger partial charge in [0.25, 0.3) is 0 Å². The molecular weight excluding hydrogens is 162 g/mol. The van der Waals surface area contributed by atoms with Crippen LogP contribution in [0.2, 0.25) is 0 Å². The molecule has 1 aliphatic carbocycles. The van der Waals surface area contributed by atoms with Crippen molar-refractivity contribution in [2.75, 3.05) is 0 Å². The van der Waals surface area contributed by atoms with E-state index in [9.17, 15) is 0 Å². The molecule has 0 saturated heterocycles. The number of aryl methyl sites for hydroxylation is 1. The molecule has 13 heavy (non-hydrogen) atoms. The van der Waals surface area contributed by atoms with E-state index in [-0.39, 0.29) is 0 Å². The number of hydrogen-bond acceptors (Lipinski definition) is 2. The standard InChI is InChI=1S/C11H11NO/c1-9-2-4-10(5-3-9)13-11(8-12)6-7-11/h2-5H,6-7H2,1H3. The molecule has 1 aromatic rings. The van der Waals surface area contributed by atoms with Gasteiger partial charge in [-0.05, 0) is 19.1 Å². The van der Waals surface area contributed by atoms with Crippen molar-refractivity contribution in [1.82, 2.24) is 0 Å². The van der Waals surface area contributed by atoms with E-state index in [4.69, 9.17) is 10.00 Å². The van der Waals surface area contributed by atoms with Crippen LogP contribution in [0.25, 0.3) is 0 Å². The number of nitriles is 1. The first-order chi connectivity index (χ1) is 6.24. The van der Waals surface area contributed by atoms with E-state index < -0.39 is 5.60 Å². The summed E-state index contributed by atoms with van der Waals surface area (Å²) < 4.78 is 5.56. The van der Waals surface area contributed by atoms with Gasteiger partial charge >= 0.3 is 0 Å². The first kappa shape index (κ1) is 8.12. The van der Waals surface area contributed by atoms with Crippen molar-refractivity contribution in [1.29, 1.82) is 5.26 Å². The van der Waals surface area contributed by atoms with Crippen molar-refractivity contribution < 1.29 is 4.74 Å². The van der Waals surface area contributed by atoms with Gasteiger partial charge in [0.2, 0.25) is 0 Å². The minimum Gasteiger partial charge on any atom is -0.472 e. The van der Waals surface area contributed by atoms with Crippen LogP contribution in [0.15, 0.2) is 24.3 Å². The smallest absolute Gasteiger partial charge is 0.194 e. The second kappa shape index (κ2) is 2.77. The molecule has 0 atom stereocenters. The lowest BCUT2D eigenvalue weighted by Crippen LogP contribution is -2.14. The lowest BCUT2D eigenvalue weighted by atomic mass is 10.2. The van der Waals surface area contributed by atoms with Crippen LogP contribution in [0, 0.1) is 18.3 Å². The van der Waals surface area contributed by atoms with Crippen LogP contribution in [-0.2, 0) is 0 Å². The summed E-state index contributed by atoms with van der Waals surface area (Å²) in [5, 5.41) is 8.80. The normalized spacial score (nSPS) is 17.5. The van der Waals surface area contributed by atoms with Crippen LogP contribution in [0.4, 0.5) is 0 Å². The molecule has 0 bridgehead atoms. The van der Waals surface area contributed by atoms with Gasteiger partial charge in [-0.15, -0.1) is 0 Å². The predicted octanol–water partition coefficient (Wildman–Crippen LogP) is 2.43. The van der Waals surface area contributed by atoms with Crippen molar-refractivity contribution in [3.05, 3.63) is 29.8 Å². The van der Waals surface area contributed by atoms with Gasteiger partial charge < -0.3 is 4.74 Å². The Bertz CT molecular complexity index is 343.